The predicted molar refractivity (Wildman–Crippen MR) is 112 cm³/mol. The minimum atomic E-state index is -0.0176. The van der Waals surface area contributed by atoms with Crippen molar-refractivity contribution >= 4 is 5.97 Å². The van der Waals surface area contributed by atoms with Gasteiger partial charge in [-0.2, -0.15) is 0 Å². The third-order valence-electron chi connectivity index (χ3n) is 7.07. The molecule has 0 saturated heterocycles. The molecule has 0 aliphatic heterocycles. The summed E-state index contributed by atoms with van der Waals surface area (Å²) in [6.07, 6.45) is 8.45. The van der Waals surface area contributed by atoms with Crippen LogP contribution in [0.4, 0.5) is 0 Å². The smallest absolute Gasteiger partial charge is 0.306 e. The maximum atomic E-state index is 12.8. The molecule has 0 N–H and O–H groups in total. The Hall–Kier alpha value is -1.57. The minimum Gasteiger partial charge on any atom is -0.462 e. The second-order valence-electron chi connectivity index (χ2n) is 9.45. The Morgan fingerprint density at radius 3 is 2.59 bits per heavy atom. The van der Waals surface area contributed by atoms with Crippen LogP contribution >= 0.6 is 0 Å². The normalized spacial score (nSPS) is 29.4. The zero-order chi connectivity index (χ0) is 19.4. The van der Waals surface area contributed by atoms with Gasteiger partial charge in [0.05, 0.1) is 6.42 Å². The molecule has 2 saturated carbocycles. The Morgan fingerprint density at radius 1 is 1.15 bits per heavy atom. The van der Waals surface area contributed by atoms with Crippen LogP contribution in [0.15, 0.2) is 42.5 Å². The lowest BCUT2D eigenvalue weighted by molar-refractivity contribution is -0.157. The van der Waals surface area contributed by atoms with Crippen molar-refractivity contribution in [3.8, 4) is 0 Å². The molecule has 0 bridgehead atoms. The Labute approximate surface area is 165 Å². The van der Waals surface area contributed by atoms with E-state index in [1.165, 1.54) is 30.4 Å². The molecule has 2 heteroatoms. The number of rotatable bonds is 5. The SMILES string of the molecule is C=C1CCCC[C@@H]1CC(=O)O[C@@H]1C[C@H](C)CC[C@H]1C(C)(C)c1ccccc1. The van der Waals surface area contributed by atoms with E-state index in [1.807, 2.05) is 0 Å². The molecule has 2 fully saturated rings. The van der Waals surface area contributed by atoms with Gasteiger partial charge in [0.1, 0.15) is 6.10 Å². The molecule has 148 valence electrons. The van der Waals surface area contributed by atoms with Gasteiger partial charge in [-0.25, -0.2) is 0 Å². The van der Waals surface area contributed by atoms with E-state index in [0.29, 0.717) is 24.2 Å². The van der Waals surface area contributed by atoms with Crippen molar-refractivity contribution in [2.75, 3.05) is 0 Å². The molecule has 4 atom stereocenters. The Kier molecular flexibility index (Phi) is 6.44. The summed E-state index contributed by atoms with van der Waals surface area (Å²) >= 11 is 0. The monoisotopic (exact) mass is 368 g/mol. The second-order valence-corrected chi connectivity index (χ2v) is 9.45. The number of allylic oxidation sites excluding steroid dienone is 1. The molecule has 2 aliphatic carbocycles. The Balaban J connectivity index is 1.70. The molecule has 0 radical (unpaired) electrons. The van der Waals surface area contributed by atoms with Gasteiger partial charge in [-0.3, -0.25) is 4.79 Å². The summed E-state index contributed by atoms with van der Waals surface area (Å²) in [6.45, 7) is 11.1. The number of esters is 1. The van der Waals surface area contributed by atoms with Gasteiger partial charge in [0.2, 0.25) is 0 Å². The van der Waals surface area contributed by atoms with Crippen LogP contribution in [0, 0.1) is 17.8 Å². The van der Waals surface area contributed by atoms with Crippen LogP contribution in [0.3, 0.4) is 0 Å². The molecule has 0 aromatic heterocycles. The van der Waals surface area contributed by atoms with E-state index in [4.69, 9.17) is 4.74 Å². The fraction of sp³-hybridized carbons (Fsp3) is 0.640. The average molecular weight is 369 g/mol. The van der Waals surface area contributed by atoms with E-state index in [-0.39, 0.29) is 17.5 Å². The summed E-state index contributed by atoms with van der Waals surface area (Å²) < 4.78 is 6.15. The molecule has 2 nitrogen and oxygen atoms in total. The van der Waals surface area contributed by atoms with Gasteiger partial charge in [0.25, 0.3) is 0 Å². The zero-order valence-corrected chi connectivity index (χ0v) is 17.4. The number of ether oxygens (including phenoxy) is 1. The summed E-state index contributed by atoms with van der Waals surface area (Å²) in [4.78, 5) is 12.8. The average Bonchev–Trinajstić information content (AvgIpc) is 2.64. The van der Waals surface area contributed by atoms with Crippen molar-refractivity contribution in [3.63, 3.8) is 0 Å². The van der Waals surface area contributed by atoms with Gasteiger partial charge < -0.3 is 4.74 Å². The topological polar surface area (TPSA) is 26.3 Å². The summed E-state index contributed by atoms with van der Waals surface area (Å²) in [5, 5.41) is 0. The maximum Gasteiger partial charge on any atom is 0.306 e. The summed E-state index contributed by atoms with van der Waals surface area (Å²) in [6, 6.07) is 10.7. The van der Waals surface area contributed by atoms with Crippen molar-refractivity contribution in [3.05, 3.63) is 48.0 Å². The first kappa shape index (κ1) is 20.2. The highest BCUT2D eigenvalue weighted by Gasteiger charge is 2.42. The first-order valence-corrected chi connectivity index (χ1v) is 10.8. The van der Waals surface area contributed by atoms with E-state index in [0.717, 1.165) is 25.7 Å². The van der Waals surface area contributed by atoms with Crippen LogP contribution in [0.2, 0.25) is 0 Å². The van der Waals surface area contributed by atoms with E-state index in [2.05, 4.69) is 57.7 Å². The van der Waals surface area contributed by atoms with Gasteiger partial charge in [-0.1, -0.05) is 76.1 Å². The third-order valence-corrected chi connectivity index (χ3v) is 7.07. The maximum absolute atomic E-state index is 12.8. The molecule has 1 aromatic rings. The second kappa shape index (κ2) is 8.63. The van der Waals surface area contributed by atoms with Crippen LogP contribution in [-0.4, -0.2) is 12.1 Å². The van der Waals surface area contributed by atoms with Crippen LogP contribution in [0.25, 0.3) is 0 Å². The van der Waals surface area contributed by atoms with E-state index >= 15 is 0 Å². The van der Waals surface area contributed by atoms with Crippen LogP contribution in [0.1, 0.15) is 77.7 Å². The number of carbonyl (C=O) groups excluding carboxylic acids is 1. The van der Waals surface area contributed by atoms with Gasteiger partial charge in [-0.05, 0) is 54.9 Å². The van der Waals surface area contributed by atoms with Crippen molar-refractivity contribution < 1.29 is 9.53 Å². The Morgan fingerprint density at radius 2 is 1.89 bits per heavy atom. The standard InChI is InChI=1S/C25H36O2/c1-18-14-15-22(25(3,4)21-12-6-5-7-13-21)23(16-18)27-24(26)17-20-11-9-8-10-19(20)2/h5-7,12-13,18,20,22-23H,2,8-11,14-17H2,1,3-4H3/t18-,20-,22-,23-/m1/s1. The molecule has 0 heterocycles. The molecule has 0 unspecified atom stereocenters. The Bertz CT molecular complexity index is 646. The first-order chi connectivity index (χ1) is 12.9. The fourth-order valence-corrected chi connectivity index (χ4v) is 5.18. The first-order valence-electron chi connectivity index (χ1n) is 10.8. The molecule has 3 rings (SSSR count). The van der Waals surface area contributed by atoms with Crippen molar-refractivity contribution in [1.82, 2.24) is 0 Å². The van der Waals surface area contributed by atoms with Gasteiger partial charge in [0, 0.05) is 5.92 Å². The number of carbonyl (C=O) groups is 1. The predicted octanol–water partition coefficient (Wildman–Crippen LogP) is 6.45. The lowest BCUT2D eigenvalue weighted by atomic mass is 9.64. The molecular formula is C25H36O2. The number of benzene rings is 1. The molecule has 27 heavy (non-hydrogen) atoms. The number of hydrogen-bond donors (Lipinski definition) is 0. The molecule has 2 aliphatic rings. The van der Waals surface area contributed by atoms with Crippen molar-refractivity contribution in [2.45, 2.75) is 83.7 Å². The van der Waals surface area contributed by atoms with E-state index in [1.54, 1.807) is 0 Å². The summed E-state index contributed by atoms with van der Waals surface area (Å²) in [7, 11) is 0. The lowest BCUT2D eigenvalue weighted by Gasteiger charge is -2.44. The molecule has 0 amide bonds. The molecule has 1 aromatic carbocycles. The van der Waals surface area contributed by atoms with E-state index < -0.39 is 0 Å². The highest BCUT2D eigenvalue weighted by Crippen LogP contribution is 2.44. The van der Waals surface area contributed by atoms with E-state index in [9.17, 15) is 4.79 Å². The highest BCUT2D eigenvalue weighted by molar-refractivity contribution is 5.70. The fourth-order valence-electron chi connectivity index (χ4n) is 5.18. The third kappa shape index (κ3) is 4.83. The van der Waals surface area contributed by atoms with Gasteiger partial charge >= 0.3 is 5.97 Å². The van der Waals surface area contributed by atoms with Crippen LogP contribution < -0.4 is 0 Å². The highest BCUT2D eigenvalue weighted by atomic mass is 16.5. The van der Waals surface area contributed by atoms with Gasteiger partial charge in [-0.15, -0.1) is 0 Å². The lowest BCUT2D eigenvalue weighted by Crippen LogP contribution is -2.43. The van der Waals surface area contributed by atoms with Gasteiger partial charge in [0.15, 0.2) is 0 Å². The van der Waals surface area contributed by atoms with Crippen LogP contribution in [-0.2, 0) is 14.9 Å². The van der Waals surface area contributed by atoms with Crippen LogP contribution in [0.5, 0.6) is 0 Å². The quantitative estimate of drug-likeness (QED) is 0.441. The zero-order valence-electron chi connectivity index (χ0n) is 17.4. The summed E-state index contributed by atoms with van der Waals surface area (Å²) in [5.74, 6) is 1.30. The van der Waals surface area contributed by atoms with Crippen molar-refractivity contribution in [1.29, 1.82) is 0 Å². The summed E-state index contributed by atoms with van der Waals surface area (Å²) in [5.41, 5.74) is 2.59. The minimum absolute atomic E-state index is 0.000776. The molecular weight excluding hydrogens is 332 g/mol. The van der Waals surface area contributed by atoms with Crippen molar-refractivity contribution in [2.24, 2.45) is 17.8 Å². The molecule has 0 spiro atoms. The largest absolute Gasteiger partial charge is 0.462 e. The number of hydrogen-bond acceptors (Lipinski definition) is 2.